The molecule has 0 aliphatic heterocycles. The third-order valence-corrected chi connectivity index (χ3v) is 2.99. The lowest BCUT2D eigenvalue weighted by atomic mass is 10.0. The zero-order valence-electron chi connectivity index (χ0n) is 10.3. The second-order valence-electron chi connectivity index (χ2n) is 3.95. The van der Waals surface area contributed by atoms with Crippen molar-refractivity contribution < 1.29 is 9.26 Å². The Hall–Kier alpha value is -1.81. The van der Waals surface area contributed by atoms with Gasteiger partial charge < -0.3 is 15.0 Å². The van der Waals surface area contributed by atoms with E-state index in [4.69, 9.17) is 15.0 Å². The minimum absolute atomic E-state index is 0.387. The van der Waals surface area contributed by atoms with E-state index in [2.05, 4.69) is 5.16 Å². The first-order valence-corrected chi connectivity index (χ1v) is 5.47. The Bertz CT molecular complexity index is 532. The standard InChI is InChI=1S/C13H16N2O2/c1-8-9(2)12(16-3)5-4-11(8)13-6-10(7-14)15-17-13/h4-6H,7,14H2,1-3H3. The van der Waals surface area contributed by atoms with E-state index < -0.39 is 0 Å². The number of nitrogens with two attached hydrogens (primary N) is 1. The molecule has 0 bridgehead atoms. The van der Waals surface area contributed by atoms with Gasteiger partial charge >= 0.3 is 0 Å². The molecule has 0 fully saturated rings. The summed E-state index contributed by atoms with van der Waals surface area (Å²) in [5.74, 6) is 1.62. The molecule has 90 valence electrons. The van der Waals surface area contributed by atoms with E-state index in [-0.39, 0.29) is 0 Å². The summed E-state index contributed by atoms with van der Waals surface area (Å²) < 4.78 is 10.6. The minimum atomic E-state index is 0.387. The van der Waals surface area contributed by atoms with Crippen molar-refractivity contribution in [2.45, 2.75) is 20.4 Å². The zero-order valence-corrected chi connectivity index (χ0v) is 10.3. The SMILES string of the molecule is COc1ccc(-c2cc(CN)no2)c(C)c1C. The molecule has 1 aromatic carbocycles. The molecule has 4 heteroatoms. The van der Waals surface area contributed by atoms with E-state index >= 15 is 0 Å². The minimum Gasteiger partial charge on any atom is -0.496 e. The lowest BCUT2D eigenvalue weighted by molar-refractivity contribution is 0.410. The summed E-state index contributed by atoms with van der Waals surface area (Å²) in [4.78, 5) is 0. The molecule has 1 aromatic heterocycles. The summed E-state index contributed by atoms with van der Waals surface area (Å²) in [6.45, 7) is 4.45. The molecule has 0 aliphatic carbocycles. The zero-order chi connectivity index (χ0) is 12.4. The van der Waals surface area contributed by atoms with Gasteiger partial charge in [0.05, 0.1) is 12.8 Å². The molecule has 2 N–H and O–H groups in total. The fourth-order valence-electron chi connectivity index (χ4n) is 1.82. The van der Waals surface area contributed by atoms with Crippen LogP contribution in [0.1, 0.15) is 16.8 Å². The maximum absolute atomic E-state index is 5.51. The van der Waals surface area contributed by atoms with Crippen LogP contribution in [0.2, 0.25) is 0 Å². The monoisotopic (exact) mass is 232 g/mol. The van der Waals surface area contributed by atoms with Gasteiger partial charge in [0.25, 0.3) is 0 Å². The van der Waals surface area contributed by atoms with Crippen LogP contribution in [0.25, 0.3) is 11.3 Å². The van der Waals surface area contributed by atoms with Gasteiger partial charge in [-0.2, -0.15) is 0 Å². The van der Waals surface area contributed by atoms with Gasteiger partial charge in [0, 0.05) is 18.2 Å². The summed E-state index contributed by atoms with van der Waals surface area (Å²) in [5.41, 5.74) is 9.53. The Morgan fingerprint density at radius 1 is 1.29 bits per heavy atom. The van der Waals surface area contributed by atoms with Crippen molar-refractivity contribution in [3.63, 3.8) is 0 Å². The van der Waals surface area contributed by atoms with Crippen molar-refractivity contribution in [2.75, 3.05) is 7.11 Å². The number of rotatable bonds is 3. The van der Waals surface area contributed by atoms with Crippen molar-refractivity contribution in [3.05, 3.63) is 35.0 Å². The summed E-state index contributed by atoms with van der Waals surface area (Å²) in [5, 5.41) is 3.89. The molecule has 1 heterocycles. The highest BCUT2D eigenvalue weighted by Crippen LogP contribution is 2.31. The summed E-state index contributed by atoms with van der Waals surface area (Å²) >= 11 is 0. The molecule has 0 amide bonds. The van der Waals surface area contributed by atoms with Gasteiger partial charge in [0.15, 0.2) is 5.76 Å². The fourth-order valence-corrected chi connectivity index (χ4v) is 1.82. The van der Waals surface area contributed by atoms with Crippen LogP contribution in [-0.2, 0) is 6.54 Å². The van der Waals surface area contributed by atoms with Gasteiger partial charge in [-0.25, -0.2) is 0 Å². The first-order chi connectivity index (χ1) is 8.17. The van der Waals surface area contributed by atoms with Crippen LogP contribution in [0, 0.1) is 13.8 Å². The van der Waals surface area contributed by atoms with Gasteiger partial charge in [-0.15, -0.1) is 0 Å². The third kappa shape index (κ3) is 2.03. The Labute approximate surface area is 100 Å². The Morgan fingerprint density at radius 3 is 2.65 bits per heavy atom. The Morgan fingerprint density at radius 2 is 2.06 bits per heavy atom. The number of ether oxygens (including phenoxy) is 1. The first kappa shape index (κ1) is 11.7. The average molecular weight is 232 g/mol. The first-order valence-electron chi connectivity index (χ1n) is 5.47. The highest BCUT2D eigenvalue weighted by molar-refractivity contribution is 5.65. The van der Waals surface area contributed by atoms with Crippen LogP contribution in [0.4, 0.5) is 0 Å². The van der Waals surface area contributed by atoms with Crippen LogP contribution in [0.3, 0.4) is 0 Å². The van der Waals surface area contributed by atoms with E-state index in [0.717, 1.165) is 33.9 Å². The van der Waals surface area contributed by atoms with Gasteiger partial charge in [-0.1, -0.05) is 5.16 Å². The topological polar surface area (TPSA) is 61.3 Å². The van der Waals surface area contributed by atoms with Gasteiger partial charge in [-0.3, -0.25) is 0 Å². The number of hydrogen-bond donors (Lipinski definition) is 1. The molecule has 17 heavy (non-hydrogen) atoms. The van der Waals surface area contributed by atoms with E-state index in [1.54, 1.807) is 7.11 Å². The van der Waals surface area contributed by atoms with Crippen molar-refractivity contribution in [2.24, 2.45) is 5.73 Å². The van der Waals surface area contributed by atoms with Crippen LogP contribution in [0.5, 0.6) is 5.75 Å². The maximum atomic E-state index is 5.51. The van der Waals surface area contributed by atoms with E-state index in [1.807, 2.05) is 32.0 Å². The Balaban J connectivity index is 2.49. The van der Waals surface area contributed by atoms with Crippen molar-refractivity contribution in [3.8, 4) is 17.1 Å². The normalized spacial score (nSPS) is 10.6. The smallest absolute Gasteiger partial charge is 0.167 e. The number of methoxy groups -OCH3 is 1. The van der Waals surface area contributed by atoms with E-state index in [9.17, 15) is 0 Å². The summed E-state index contributed by atoms with van der Waals surface area (Å²) in [6.07, 6.45) is 0. The molecule has 4 nitrogen and oxygen atoms in total. The molecular formula is C13H16N2O2. The predicted octanol–water partition coefficient (Wildman–Crippen LogP) is 2.43. The largest absolute Gasteiger partial charge is 0.496 e. The van der Waals surface area contributed by atoms with Crippen LogP contribution in [0.15, 0.2) is 22.7 Å². The summed E-state index contributed by atoms with van der Waals surface area (Å²) in [7, 11) is 1.67. The van der Waals surface area contributed by atoms with Crippen LogP contribution in [-0.4, -0.2) is 12.3 Å². The lowest BCUT2D eigenvalue weighted by Crippen LogP contribution is -1.95. The van der Waals surface area contributed by atoms with Crippen molar-refractivity contribution >= 4 is 0 Å². The van der Waals surface area contributed by atoms with Crippen LogP contribution < -0.4 is 10.5 Å². The fraction of sp³-hybridized carbons (Fsp3) is 0.308. The molecule has 2 rings (SSSR count). The van der Waals surface area contributed by atoms with Crippen molar-refractivity contribution in [1.29, 1.82) is 0 Å². The quantitative estimate of drug-likeness (QED) is 0.882. The van der Waals surface area contributed by atoms with E-state index in [0.29, 0.717) is 6.54 Å². The lowest BCUT2D eigenvalue weighted by Gasteiger charge is -2.10. The molecule has 0 atom stereocenters. The predicted molar refractivity (Wildman–Crippen MR) is 65.9 cm³/mol. The molecule has 0 unspecified atom stereocenters. The van der Waals surface area contributed by atoms with Gasteiger partial charge in [0.1, 0.15) is 5.75 Å². The summed E-state index contributed by atoms with van der Waals surface area (Å²) in [6, 6.07) is 5.78. The highest BCUT2D eigenvalue weighted by atomic mass is 16.5. The maximum Gasteiger partial charge on any atom is 0.167 e. The molecule has 0 saturated heterocycles. The number of hydrogen-bond acceptors (Lipinski definition) is 4. The number of benzene rings is 1. The molecule has 2 aromatic rings. The molecule has 0 radical (unpaired) electrons. The molecule has 0 aliphatic rings. The van der Waals surface area contributed by atoms with Gasteiger partial charge in [0.2, 0.25) is 0 Å². The highest BCUT2D eigenvalue weighted by Gasteiger charge is 2.12. The van der Waals surface area contributed by atoms with E-state index in [1.165, 1.54) is 0 Å². The molecular weight excluding hydrogens is 216 g/mol. The second kappa shape index (κ2) is 4.59. The average Bonchev–Trinajstić information content (AvgIpc) is 2.81. The molecule has 0 saturated carbocycles. The Kier molecular flexibility index (Phi) is 3.15. The second-order valence-corrected chi connectivity index (χ2v) is 3.95. The number of nitrogens with zero attached hydrogens (tertiary/aromatic N) is 1. The van der Waals surface area contributed by atoms with Crippen molar-refractivity contribution in [1.82, 2.24) is 5.16 Å². The number of aromatic nitrogens is 1. The van der Waals surface area contributed by atoms with Gasteiger partial charge in [-0.05, 0) is 37.1 Å². The molecule has 0 spiro atoms. The third-order valence-electron chi connectivity index (χ3n) is 2.99. The van der Waals surface area contributed by atoms with Crippen LogP contribution >= 0.6 is 0 Å².